The number of morpholine rings is 1. The van der Waals surface area contributed by atoms with Crippen molar-refractivity contribution in [3.05, 3.63) is 94.5 Å². The van der Waals surface area contributed by atoms with Crippen molar-refractivity contribution in [3.63, 3.8) is 0 Å². The van der Waals surface area contributed by atoms with E-state index in [9.17, 15) is 13.2 Å². The highest BCUT2D eigenvalue weighted by atomic mass is 32.2. The monoisotopic (exact) mass is 493 g/mol. The first-order chi connectivity index (χ1) is 16.8. The second kappa shape index (κ2) is 11.0. The summed E-state index contributed by atoms with van der Waals surface area (Å²) in [4.78, 5) is 15.2. The molecule has 1 amide bonds. The van der Waals surface area contributed by atoms with Crippen molar-refractivity contribution in [1.29, 1.82) is 0 Å². The normalized spacial score (nSPS) is 14.5. The van der Waals surface area contributed by atoms with Crippen molar-refractivity contribution in [2.75, 3.05) is 31.0 Å². The Balaban J connectivity index is 1.33. The zero-order valence-electron chi connectivity index (χ0n) is 20.1. The molecule has 4 rings (SSSR count). The van der Waals surface area contributed by atoms with Crippen molar-refractivity contribution < 1.29 is 17.9 Å². The van der Waals surface area contributed by atoms with Gasteiger partial charge in [-0.15, -0.1) is 0 Å². The van der Waals surface area contributed by atoms with Gasteiger partial charge in [-0.1, -0.05) is 42.0 Å². The Kier molecular flexibility index (Phi) is 7.85. The highest BCUT2D eigenvalue weighted by molar-refractivity contribution is 7.92. The fourth-order valence-corrected chi connectivity index (χ4v) is 5.04. The first kappa shape index (κ1) is 24.9. The van der Waals surface area contributed by atoms with E-state index in [1.54, 1.807) is 49.4 Å². The summed E-state index contributed by atoms with van der Waals surface area (Å²) < 4.78 is 33.4. The number of aryl methyl sites for hydroxylation is 2. The molecule has 184 valence electrons. The van der Waals surface area contributed by atoms with Crippen LogP contribution in [-0.2, 0) is 27.8 Å². The highest BCUT2D eigenvalue weighted by Gasteiger charge is 2.16. The van der Waals surface area contributed by atoms with Gasteiger partial charge < -0.3 is 10.1 Å². The van der Waals surface area contributed by atoms with E-state index in [1.807, 2.05) is 19.1 Å². The van der Waals surface area contributed by atoms with Crippen molar-refractivity contribution in [2.45, 2.75) is 31.8 Å². The van der Waals surface area contributed by atoms with E-state index in [0.29, 0.717) is 23.4 Å². The van der Waals surface area contributed by atoms with Crippen LogP contribution < -0.4 is 10.0 Å². The predicted molar refractivity (Wildman–Crippen MR) is 137 cm³/mol. The Labute approximate surface area is 207 Å². The number of anilines is 1. The third-order valence-electron chi connectivity index (χ3n) is 6.05. The molecule has 0 saturated carbocycles. The Morgan fingerprint density at radius 3 is 2.23 bits per heavy atom. The lowest BCUT2D eigenvalue weighted by Crippen LogP contribution is -2.35. The minimum absolute atomic E-state index is 0.195. The van der Waals surface area contributed by atoms with Gasteiger partial charge in [0.1, 0.15) is 0 Å². The molecule has 0 spiro atoms. The van der Waals surface area contributed by atoms with Crippen LogP contribution in [0, 0.1) is 13.8 Å². The smallest absolute Gasteiger partial charge is 0.261 e. The molecule has 3 aromatic carbocycles. The number of nitrogens with one attached hydrogen (secondary N) is 2. The molecule has 1 aliphatic heterocycles. The number of carbonyl (C=O) groups is 1. The van der Waals surface area contributed by atoms with Crippen LogP contribution in [0.3, 0.4) is 0 Å². The Hall–Kier alpha value is -3.20. The second-order valence-electron chi connectivity index (χ2n) is 8.84. The summed E-state index contributed by atoms with van der Waals surface area (Å²) in [6.45, 7) is 8.45. The molecule has 3 aromatic rings. The van der Waals surface area contributed by atoms with E-state index >= 15 is 0 Å². The van der Waals surface area contributed by atoms with Crippen LogP contribution in [0.25, 0.3) is 0 Å². The number of hydrogen-bond donors (Lipinski definition) is 2. The molecule has 1 aliphatic rings. The van der Waals surface area contributed by atoms with Gasteiger partial charge in [0.15, 0.2) is 0 Å². The largest absolute Gasteiger partial charge is 0.379 e. The van der Waals surface area contributed by atoms with E-state index in [1.165, 1.54) is 5.56 Å². The maximum Gasteiger partial charge on any atom is 0.261 e. The van der Waals surface area contributed by atoms with E-state index in [4.69, 9.17) is 4.74 Å². The van der Waals surface area contributed by atoms with Crippen molar-refractivity contribution in [1.82, 2.24) is 10.2 Å². The van der Waals surface area contributed by atoms with Crippen LogP contribution in [0.4, 0.5) is 5.69 Å². The number of rotatable bonds is 8. The first-order valence-corrected chi connectivity index (χ1v) is 13.1. The third-order valence-corrected chi connectivity index (χ3v) is 7.43. The molecule has 0 aliphatic carbocycles. The number of sulfonamides is 1. The summed E-state index contributed by atoms with van der Waals surface area (Å²) in [5.41, 5.74) is 4.83. The van der Waals surface area contributed by atoms with Crippen LogP contribution in [0.5, 0.6) is 0 Å². The molecule has 1 fully saturated rings. The number of hydrogen-bond acceptors (Lipinski definition) is 5. The zero-order chi connectivity index (χ0) is 24.8. The van der Waals surface area contributed by atoms with Gasteiger partial charge in [-0.25, -0.2) is 8.42 Å². The third kappa shape index (κ3) is 6.69. The van der Waals surface area contributed by atoms with Crippen LogP contribution in [0.15, 0.2) is 71.6 Å². The number of ether oxygens (including phenoxy) is 1. The van der Waals surface area contributed by atoms with Crippen molar-refractivity contribution >= 4 is 21.6 Å². The molecule has 1 heterocycles. The number of nitrogens with zero attached hydrogens (tertiary/aromatic N) is 1. The molecule has 35 heavy (non-hydrogen) atoms. The summed E-state index contributed by atoms with van der Waals surface area (Å²) in [6, 6.07) is 19.8. The number of benzene rings is 3. The molecule has 2 N–H and O–H groups in total. The standard InChI is InChI=1S/C27H31N3O4S/c1-20-3-10-25(11-4-20)35(32,33)29-26-12-9-24(17-21(26)2)27(31)28-18-22-5-7-23(8-6-22)19-30-13-15-34-16-14-30/h3-12,17,29H,13-16,18-19H2,1-2H3,(H,28,31). The van der Waals surface area contributed by atoms with Gasteiger partial charge in [-0.3, -0.25) is 14.4 Å². The summed E-state index contributed by atoms with van der Waals surface area (Å²) in [5.74, 6) is -0.210. The van der Waals surface area contributed by atoms with Crippen molar-refractivity contribution in [2.24, 2.45) is 0 Å². The van der Waals surface area contributed by atoms with E-state index in [2.05, 4.69) is 27.1 Å². The molecular formula is C27H31N3O4S. The van der Waals surface area contributed by atoms with Gasteiger partial charge in [-0.2, -0.15) is 0 Å². The molecular weight excluding hydrogens is 462 g/mol. The van der Waals surface area contributed by atoms with E-state index in [-0.39, 0.29) is 10.8 Å². The van der Waals surface area contributed by atoms with Gasteiger partial charge in [-0.05, 0) is 60.9 Å². The molecule has 0 aromatic heterocycles. The Bertz CT molecular complexity index is 1270. The fraction of sp³-hybridized carbons (Fsp3) is 0.296. The molecule has 1 saturated heterocycles. The van der Waals surface area contributed by atoms with Crippen LogP contribution in [0.2, 0.25) is 0 Å². The average molecular weight is 494 g/mol. The topological polar surface area (TPSA) is 87.7 Å². The first-order valence-electron chi connectivity index (χ1n) is 11.7. The van der Waals surface area contributed by atoms with Crippen LogP contribution in [-0.4, -0.2) is 45.5 Å². The van der Waals surface area contributed by atoms with Gasteiger partial charge in [0.25, 0.3) is 15.9 Å². The fourth-order valence-electron chi connectivity index (χ4n) is 3.90. The Morgan fingerprint density at radius 2 is 1.57 bits per heavy atom. The van der Waals surface area contributed by atoms with Gasteiger partial charge >= 0.3 is 0 Å². The van der Waals surface area contributed by atoms with Crippen LogP contribution in [0.1, 0.15) is 32.6 Å². The lowest BCUT2D eigenvalue weighted by molar-refractivity contribution is 0.0342. The van der Waals surface area contributed by atoms with Gasteiger partial charge in [0.05, 0.1) is 23.8 Å². The lowest BCUT2D eigenvalue weighted by Gasteiger charge is -2.26. The maximum atomic E-state index is 12.7. The van der Waals surface area contributed by atoms with E-state index < -0.39 is 10.0 Å². The summed E-state index contributed by atoms with van der Waals surface area (Å²) in [6.07, 6.45) is 0. The lowest BCUT2D eigenvalue weighted by atomic mass is 10.1. The SMILES string of the molecule is Cc1ccc(S(=O)(=O)Nc2ccc(C(=O)NCc3ccc(CN4CCOCC4)cc3)cc2C)cc1. The highest BCUT2D eigenvalue weighted by Crippen LogP contribution is 2.21. The maximum absolute atomic E-state index is 12.7. The van der Waals surface area contributed by atoms with Crippen LogP contribution >= 0.6 is 0 Å². The number of amides is 1. The Morgan fingerprint density at radius 1 is 0.914 bits per heavy atom. The summed E-state index contributed by atoms with van der Waals surface area (Å²) in [5, 5.41) is 2.94. The summed E-state index contributed by atoms with van der Waals surface area (Å²) in [7, 11) is -3.70. The predicted octanol–water partition coefficient (Wildman–Crippen LogP) is 3.87. The average Bonchev–Trinajstić information content (AvgIpc) is 2.85. The van der Waals surface area contributed by atoms with Gasteiger partial charge in [0.2, 0.25) is 0 Å². The quantitative estimate of drug-likeness (QED) is 0.498. The van der Waals surface area contributed by atoms with E-state index in [0.717, 1.165) is 44.0 Å². The molecule has 8 heteroatoms. The minimum atomic E-state index is -3.70. The zero-order valence-corrected chi connectivity index (χ0v) is 20.9. The second-order valence-corrected chi connectivity index (χ2v) is 10.5. The molecule has 0 bridgehead atoms. The minimum Gasteiger partial charge on any atom is -0.379 e. The molecule has 7 nitrogen and oxygen atoms in total. The van der Waals surface area contributed by atoms with Gasteiger partial charge in [0, 0.05) is 31.7 Å². The molecule has 0 atom stereocenters. The van der Waals surface area contributed by atoms with Crippen molar-refractivity contribution in [3.8, 4) is 0 Å². The summed E-state index contributed by atoms with van der Waals surface area (Å²) >= 11 is 0. The molecule has 0 unspecified atom stereocenters. The molecule has 0 radical (unpaired) electrons. The number of carbonyl (C=O) groups excluding carboxylic acids is 1.